The van der Waals surface area contributed by atoms with E-state index in [1.165, 1.54) is 0 Å². The van der Waals surface area contributed by atoms with E-state index in [4.69, 9.17) is 0 Å². The Kier molecular flexibility index (Phi) is 2.84. The van der Waals surface area contributed by atoms with Gasteiger partial charge in [-0.05, 0) is 36.8 Å². The van der Waals surface area contributed by atoms with E-state index in [0.29, 0.717) is 5.69 Å². The van der Waals surface area contributed by atoms with E-state index in [1.807, 2.05) is 53.9 Å². The monoisotopic (exact) mass is 311 g/mol. The Balaban J connectivity index is 2.29. The molecule has 3 rings (SSSR count). The molecule has 0 aliphatic rings. The molecule has 2 aromatic heterocycles. The Hall–Kier alpha value is -2.12. The van der Waals surface area contributed by atoms with Crippen molar-refractivity contribution < 1.29 is 0 Å². The van der Waals surface area contributed by atoms with Gasteiger partial charge in [0.2, 0.25) is 0 Å². The third-order valence-electron chi connectivity index (χ3n) is 3.01. The van der Waals surface area contributed by atoms with Crippen molar-refractivity contribution in [2.75, 3.05) is 0 Å². The lowest BCUT2D eigenvalue weighted by molar-refractivity contribution is 1.14. The number of aromatic nitrogens is 2. The van der Waals surface area contributed by atoms with E-state index in [1.54, 1.807) is 0 Å². The maximum atomic E-state index is 9.37. The topological polar surface area (TPSA) is 41.1 Å². The number of imidazole rings is 1. The van der Waals surface area contributed by atoms with Gasteiger partial charge in [-0.2, -0.15) is 5.26 Å². The molecule has 0 spiro atoms. The zero-order valence-electron chi connectivity index (χ0n) is 10.3. The number of nitriles is 1. The second kappa shape index (κ2) is 4.52. The SMILES string of the molecule is Cc1ccn2c(C#N)c(-c3ccc(Br)cc3)nc2c1. The summed E-state index contributed by atoms with van der Waals surface area (Å²) < 4.78 is 2.83. The van der Waals surface area contributed by atoms with Gasteiger partial charge in [-0.1, -0.05) is 28.1 Å². The van der Waals surface area contributed by atoms with Crippen LogP contribution in [0, 0.1) is 18.3 Å². The van der Waals surface area contributed by atoms with E-state index in [0.717, 1.165) is 26.9 Å². The van der Waals surface area contributed by atoms with Crippen LogP contribution in [0.25, 0.3) is 16.9 Å². The number of nitrogens with zero attached hydrogens (tertiary/aromatic N) is 3. The van der Waals surface area contributed by atoms with Crippen LogP contribution >= 0.6 is 15.9 Å². The van der Waals surface area contributed by atoms with Crippen LogP contribution in [-0.4, -0.2) is 9.38 Å². The van der Waals surface area contributed by atoms with Gasteiger partial charge in [-0.25, -0.2) is 4.98 Å². The zero-order valence-corrected chi connectivity index (χ0v) is 11.8. The number of benzene rings is 1. The van der Waals surface area contributed by atoms with Gasteiger partial charge in [-0.15, -0.1) is 0 Å². The molecule has 0 atom stereocenters. The van der Waals surface area contributed by atoms with Crippen LogP contribution in [0.3, 0.4) is 0 Å². The summed E-state index contributed by atoms with van der Waals surface area (Å²) in [7, 11) is 0. The van der Waals surface area contributed by atoms with Crippen LogP contribution in [0.4, 0.5) is 0 Å². The number of hydrogen-bond donors (Lipinski definition) is 0. The van der Waals surface area contributed by atoms with Crippen LogP contribution in [0.5, 0.6) is 0 Å². The Morgan fingerprint density at radius 3 is 2.63 bits per heavy atom. The maximum absolute atomic E-state index is 9.37. The molecule has 0 radical (unpaired) electrons. The quantitative estimate of drug-likeness (QED) is 0.683. The molecule has 0 amide bonds. The first-order valence-electron chi connectivity index (χ1n) is 5.84. The molecule has 0 aliphatic heterocycles. The Labute approximate surface area is 119 Å². The molecule has 0 aliphatic carbocycles. The fraction of sp³-hybridized carbons (Fsp3) is 0.0667. The Morgan fingerprint density at radius 2 is 1.95 bits per heavy atom. The summed E-state index contributed by atoms with van der Waals surface area (Å²) in [6.45, 7) is 2.01. The van der Waals surface area contributed by atoms with E-state index >= 15 is 0 Å². The summed E-state index contributed by atoms with van der Waals surface area (Å²) in [5, 5.41) is 9.37. The standard InChI is InChI=1S/C15H10BrN3/c1-10-6-7-19-13(9-17)15(18-14(19)8-10)11-2-4-12(16)5-3-11/h2-8H,1H3. The minimum absolute atomic E-state index is 0.567. The Bertz CT molecular complexity index is 795. The predicted octanol–water partition coefficient (Wildman–Crippen LogP) is 3.94. The van der Waals surface area contributed by atoms with Crippen molar-refractivity contribution in [2.45, 2.75) is 6.92 Å². The van der Waals surface area contributed by atoms with E-state index in [2.05, 4.69) is 27.0 Å². The van der Waals surface area contributed by atoms with Crippen molar-refractivity contribution in [3.63, 3.8) is 0 Å². The lowest BCUT2D eigenvalue weighted by Gasteiger charge is -1.98. The smallest absolute Gasteiger partial charge is 0.152 e. The average Bonchev–Trinajstić information content (AvgIpc) is 2.77. The third kappa shape index (κ3) is 2.02. The van der Waals surface area contributed by atoms with Gasteiger partial charge in [-0.3, -0.25) is 4.40 Å². The lowest BCUT2D eigenvalue weighted by Crippen LogP contribution is -1.89. The molecule has 3 aromatic rings. The van der Waals surface area contributed by atoms with Gasteiger partial charge >= 0.3 is 0 Å². The molecule has 0 saturated heterocycles. The summed E-state index contributed by atoms with van der Waals surface area (Å²) in [6.07, 6.45) is 1.89. The fourth-order valence-corrected chi connectivity index (χ4v) is 2.33. The van der Waals surface area contributed by atoms with Gasteiger partial charge in [0, 0.05) is 16.2 Å². The first kappa shape index (κ1) is 11.9. The summed E-state index contributed by atoms with van der Waals surface area (Å²) in [4.78, 5) is 4.57. The molecule has 92 valence electrons. The first-order valence-corrected chi connectivity index (χ1v) is 6.63. The minimum Gasteiger partial charge on any atom is -0.291 e. The highest BCUT2D eigenvalue weighted by atomic mass is 79.9. The molecule has 0 saturated carbocycles. The predicted molar refractivity (Wildman–Crippen MR) is 77.8 cm³/mol. The lowest BCUT2D eigenvalue weighted by atomic mass is 10.1. The maximum Gasteiger partial charge on any atom is 0.152 e. The second-order valence-corrected chi connectivity index (χ2v) is 5.28. The van der Waals surface area contributed by atoms with Crippen molar-refractivity contribution in [3.8, 4) is 17.3 Å². The van der Waals surface area contributed by atoms with Gasteiger partial charge in [0.1, 0.15) is 17.4 Å². The molecular formula is C15H10BrN3. The van der Waals surface area contributed by atoms with Gasteiger partial charge in [0.25, 0.3) is 0 Å². The van der Waals surface area contributed by atoms with Crippen molar-refractivity contribution in [1.82, 2.24) is 9.38 Å². The van der Waals surface area contributed by atoms with Gasteiger partial charge < -0.3 is 0 Å². The molecule has 0 bridgehead atoms. The summed E-state index contributed by atoms with van der Waals surface area (Å²) in [5.41, 5.74) is 4.16. The van der Waals surface area contributed by atoms with Crippen molar-refractivity contribution in [2.24, 2.45) is 0 Å². The number of aryl methyl sites for hydroxylation is 1. The Morgan fingerprint density at radius 1 is 1.21 bits per heavy atom. The number of rotatable bonds is 1. The van der Waals surface area contributed by atoms with Gasteiger partial charge in [0.15, 0.2) is 5.69 Å². The molecule has 19 heavy (non-hydrogen) atoms. The van der Waals surface area contributed by atoms with Crippen LogP contribution in [0.2, 0.25) is 0 Å². The number of pyridine rings is 1. The average molecular weight is 312 g/mol. The number of halogens is 1. The van der Waals surface area contributed by atoms with Gasteiger partial charge in [0.05, 0.1) is 0 Å². The minimum atomic E-state index is 0.567. The highest BCUT2D eigenvalue weighted by Crippen LogP contribution is 2.25. The molecule has 2 heterocycles. The fourth-order valence-electron chi connectivity index (χ4n) is 2.06. The van der Waals surface area contributed by atoms with Crippen molar-refractivity contribution in [3.05, 3.63) is 58.3 Å². The molecule has 1 aromatic carbocycles. The van der Waals surface area contributed by atoms with Crippen LogP contribution in [0.1, 0.15) is 11.3 Å². The molecule has 0 N–H and O–H groups in total. The van der Waals surface area contributed by atoms with Crippen molar-refractivity contribution in [1.29, 1.82) is 5.26 Å². The highest BCUT2D eigenvalue weighted by molar-refractivity contribution is 9.10. The number of hydrogen-bond acceptors (Lipinski definition) is 2. The second-order valence-electron chi connectivity index (χ2n) is 4.36. The first-order chi connectivity index (χ1) is 9.19. The molecule has 0 fully saturated rings. The largest absolute Gasteiger partial charge is 0.291 e. The van der Waals surface area contributed by atoms with E-state index in [-0.39, 0.29) is 0 Å². The van der Waals surface area contributed by atoms with Crippen LogP contribution in [-0.2, 0) is 0 Å². The zero-order chi connectivity index (χ0) is 13.4. The van der Waals surface area contributed by atoms with Crippen LogP contribution in [0.15, 0.2) is 47.1 Å². The molecule has 0 unspecified atom stereocenters. The van der Waals surface area contributed by atoms with E-state index < -0.39 is 0 Å². The third-order valence-corrected chi connectivity index (χ3v) is 3.53. The molecular weight excluding hydrogens is 302 g/mol. The normalized spacial score (nSPS) is 10.6. The summed E-state index contributed by atoms with van der Waals surface area (Å²) in [5.74, 6) is 0. The summed E-state index contributed by atoms with van der Waals surface area (Å²) in [6, 6.07) is 14.0. The molecule has 4 heteroatoms. The molecule has 3 nitrogen and oxygen atoms in total. The van der Waals surface area contributed by atoms with Crippen LogP contribution < -0.4 is 0 Å². The van der Waals surface area contributed by atoms with E-state index in [9.17, 15) is 5.26 Å². The highest BCUT2D eigenvalue weighted by Gasteiger charge is 2.13. The summed E-state index contributed by atoms with van der Waals surface area (Å²) >= 11 is 3.41. The van der Waals surface area contributed by atoms with Crippen molar-refractivity contribution >= 4 is 21.6 Å². The number of fused-ring (bicyclic) bond motifs is 1.